The second kappa shape index (κ2) is 7.01. The van der Waals surface area contributed by atoms with E-state index >= 15 is 0 Å². The van der Waals surface area contributed by atoms with Crippen LogP contribution in [-0.4, -0.2) is 40.1 Å². The minimum Gasteiger partial charge on any atom is -0.348 e. The second-order valence-corrected chi connectivity index (χ2v) is 6.56. The predicted molar refractivity (Wildman–Crippen MR) is 89.1 cm³/mol. The minimum atomic E-state index is 0.216. The molecule has 1 aliphatic heterocycles. The van der Waals surface area contributed by atoms with Crippen LogP contribution in [0.5, 0.6) is 0 Å². The van der Waals surface area contributed by atoms with Gasteiger partial charge in [0.15, 0.2) is 0 Å². The molecule has 0 unspecified atom stereocenters. The number of hydrogen-bond acceptors (Lipinski definition) is 3. The molecule has 1 saturated heterocycles. The summed E-state index contributed by atoms with van der Waals surface area (Å²) < 4.78 is 0. The maximum atomic E-state index is 12.5. The van der Waals surface area contributed by atoms with Crippen molar-refractivity contribution < 1.29 is 4.79 Å². The molecule has 2 aromatic rings. The third kappa shape index (κ3) is 3.53. The maximum Gasteiger partial charge on any atom is 0.227 e. The highest BCUT2D eigenvalue weighted by atomic mass is 32.2. The van der Waals surface area contributed by atoms with Crippen molar-refractivity contribution >= 4 is 17.7 Å². The molecule has 2 heterocycles. The number of benzene rings is 1. The fourth-order valence-electron chi connectivity index (χ4n) is 2.96. The number of carbonyl (C=O) groups excluding carboxylic acids is 1. The molecule has 1 N–H and O–H groups in total. The zero-order valence-corrected chi connectivity index (χ0v) is 13.6. The lowest BCUT2D eigenvalue weighted by Crippen LogP contribution is -2.40. The maximum absolute atomic E-state index is 12.5. The van der Waals surface area contributed by atoms with Gasteiger partial charge in [-0.3, -0.25) is 4.79 Å². The number of nitrogens with zero attached hydrogens (tertiary/aromatic N) is 2. The number of likely N-dealkylation sites (tertiary alicyclic amines) is 1. The Balaban J connectivity index is 1.61. The van der Waals surface area contributed by atoms with Gasteiger partial charge in [0, 0.05) is 36.3 Å². The van der Waals surface area contributed by atoms with Crippen LogP contribution in [0, 0.1) is 0 Å². The summed E-state index contributed by atoms with van der Waals surface area (Å²) in [5.74, 6) is 1.56. The van der Waals surface area contributed by atoms with E-state index in [1.54, 1.807) is 18.0 Å². The summed E-state index contributed by atoms with van der Waals surface area (Å²) in [5.41, 5.74) is 1.09. The molecular weight excluding hydrogens is 294 g/mol. The van der Waals surface area contributed by atoms with Crippen molar-refractivity contribution in [3.8, 4) is 0 Å². The molecule has 22 heavy (non-hydrogen) atoms. The summed E-state index contributed by atoms with van der Waals surface area (Å²) in [5, 5.41) is 0. The van der Waals surface area contributed by atoms with Crippen LogP contribution in [0.15, 0.2) is 41.6 Å². The van der Waals surface area contributed by atoms with E-state index in [-0.39, 0.29) is 5.91 Å². The number of carbonyl (C=O) groups is 1. The van der Waals surface area contributed by atoms with Crippen molar-refractivity contribution in [2.75, 3.05) is 19.3 Å². The van der Waals surface area contributed by atoms with Crippen LogP contribution in [0.3, 0.4) is 0 Å². The number of H-pyrrole nitrogens is 1. The number of thioether (sulfide) groups is 1. The van der Waals surface area contributed by atoms with Crippen molar-refractivity contribution in [1.29, 1.82) is 0 Å². The topological polar surface area (TPSA) is 49.0 Å². The Morgan fingerprint density at radius 3 is 2.91 bits per heavy atom. The lowest BCUT2D eigenvalue weighted by molar-refractivity contribution is -0.131. The second-order valence-electron chi connectivity index (χ2n) is 5.68. The summed E-state index contributed by atoms with van der Waals surface area (Å²) in [6.45, 7) is 1.63. The Kier molecular flexibility index (Phi) is 4.83. The molecule has 1 aliphatic rings. The molecule has 4 nitrogen and oxygen atoms in total. The zero-order valence-electron chi connectivity index (χ0n) is 12.8. The van der Waals surface area contributed by atoms with Gasteiger partial charge in [0.1, 0.15) is 5.82 Å². The number of nitrogens with one attached hydrogen (secondary N) is 1. The third-order valence-corrected chi connectivity index (χ3v) is 4.94. The van der Waals surface area contributed by atoms with E-state index in [0.717, 1.165) is 37.3 Å². The molecule has 0 saturated carbocycles. The molecule has 0 aliphatic carbocycles. The summed E-state index contributed by atoms with van der Waals surface area (Å²) in [4.78, 5) is 23.3. The number of aromatic nitrogens is 2. The van der Waals surface area contributed by atoms with Crippen LogP contribution in [0.2, 0.25) is 0 Å². The largest absolute Gasteiger partial charge is 0.348 e. The van der Waals surface area contributed by atoms with Crippen LogP contribution in [-0.2, 0) is 11.2 Å². The summed E-state index contributed by atoms with van der Waals surface area (Å²) in [6, 6.07) is 8.26. The highest BCUT2D eigenvalue weighted by Crippen LogP contribution is 2.25. The average Bonchev–Trinajstić information content (AvgIpc) is 3.10. The summed E-state index contributed by atoms with van der Waals surface area (Å²) >= 11 is 1.72. The monoisotopic (exact) mass is 315 g/mol. The predicted octanol–water partition coefficient (Wildman–Crippen LogP) is 3.08. The molecule has 0 bridgehead atoms. The number of imidazole rings is 1. The highest BCUT2D eigenvalue weighted by molar-refractivity contribution is 7.98. The van der Waals surface area contributed by atoms with Gasteiger partial charge in [-0.15, -0.1) is 11.8 Å². The lowest BCUT2D eigenvalue weighted by Gasteiger charge is -2.32. The number of rotatable bonds is 4. The molecule has 1 aromatic heterocycles. The molecule has 1 aromatic carbocycles. The van der Waals surface area contributed by atoms with Gasteiger partial charge in [-0.2, -0.15) is 0 Å². The number of hydrogen-bond donors (Lipinski definition) is 1. The number of amides is 1. The Labute approximate surface area is 135 Å². The van der Waals surface area contributed by atoms with Crippen LogP contribution in [0.25, 0.3) is 0 Å². The molecule has 1 fully saturated rings. The van der Waals surface area contributed by atoms with Gasteiger partial charge >= 0.3 is 0 Å². The van der Waals surface area contributed by atoms with Gasteiger partial charge in [0.25, 0.3) is 0 Å². The van der Waals surface area contributed by atoms with Crippen molar-refractivity contribution in [2.45, 2.75) is 30.1 Å². The van der Waals surface area contributed by atoms with Gasteiger partial charge in [-0.25, -0.2) is 4.98 Å². The zero-order chi connectivity index (χ0) is 15.4. The van der Waals surface area contributed by atoms with E-state index in [4.69, 9.17) is 0 Å². The Morgan fingerprint density at radius 1 is 1.41 bits per heavy atom. The fraction of sp³-hybridized carbons (Fsp3) is 0.412. The summed E-state index contributed by atoms with van der Waals surface area (Å²) in [7, 11) is 0. The molecule has 0 radical (unpaired) electrons. The molecule has 0 spiro atoms. The Bertz CT molecular complexity index is 609. The number of aromatic amines is 1. The van der Waals surface area contributed by atoms with E-state index in [1.165, 1.54) is 4.90 Å². The molecular formula is C17H21N3OS. The molecule has 5 heteroatoms. The van der Waals surface area contributed by atoms with Gasteiger partial charge in [-0.05, 0) is 36.8 Å². The Morgan fingerprint density at radius 2 is 2.23 bits per heavy atom. The van der Waals surface area contributed by atoms with E-state index < -0.39 is 0 Å². The van der Waals surface area contributed by atoms with Crippen LogP contribution in [0.4, 0.5) is 0 Å². The van der Waals surface area contributed by atoms with E-state index in [2.05, 4.69) is 40.5 Å². The third-order valence-electron chi connectivity index (χ3n) is 4.19. The molecule has 1 amide bonds. The number of piperidine rings is 1. The first-order chi connectivity index (χ1) is 10.8. The molecule has 116 valence electrons. The van der Waals surface area contributed by atoms with Crippen molar-refractivity contribution in [3.05, 3.63) is 48.0 Å². The average molecular weight is 315 g/mol. The standard InChI is InChI=1S/C17H21N3OS/c1-22-15-6-4-13(5-7-15)11-16(21)20-10-2-3-14(12-20)17-18-8-9-19-17/h4-9,14H,2-3,10-12H2,1H3,(H,18,19)/t14-/m1/s1. The first kappa shape index (κ1) is 15.2. The fourth-order valence-corrected chi connectivity index (χ4v) is 3.37. The van der Waals surface area contributed by atoms with E-state index in [9.17, 15) is 4.79 Å². The van der Waals surface area contributed by atoms with Crippen LogP contribution in [0.1, 0.15) is 30.1 Å². The van der Waals surface area contributed by atoms with Crippen molar-refractivity contribution in [1.82, 2.24) is 14.9 Å². The van der Waals surface area contributed by atoms with Crippen molar-refractivity contribution in [2.24, 2.45) is 0 Å². The van der Waals surface area contributed by atoms with Gasteiger partial charge in [-0.1, -0.05) is 12.1 Å². The quantitative estimate of drug-likeness (QED) is 0.882. The molecule has 1 atom stereocenters. The van der Waals surface area contributed by atoms with Crippen LogP contribution >= 0.6 is 11.8 Å². The summed E-state index contributed by atoms with van der Waals surface area (Å²) in [6.07, 6.45) is 8.32. The Hall–Kier alpha value is -1.75. The smallest absolute Gasteiger partial charge is 0.227 e. The van der Waals surface area contributed by atoms with E-state index in [1.807, 2.05) is 11.1 Å². The minimum absolute atomic E-state index is 0.216. The van der Waals surface area contributed by atoms with Crippen LogP contribution < -0.4 is 0 Å². The highest BCUT2D eigenvalue weighted by Gasteiger charge is 2.25. The lowest BCUT2D eigenvalue weighted by atomic mass is 9.97. The van der Waals surface area contributed by atoms with Gasteiger partial charge < -0.3 is 9.88 Å². The first-order valence-electron chi connectivity index (χ1n) is 7.66. The molecule has 3 rings (SSSR count). The normalized spacial score (nSPS) is 18.4. The SMILES string of the molecule is CSc1ccc(CC(=O)N2CCC[C@@H](c3ncc[nH]3)C2)cc1. The van der Waals surface area contributed by atoms with Gasteiger partial charge in [0.2, 0.25) is 5.91 Å². The van der Waals surface area contributed by atoms with Gasteiger partial charge in [0.05, 0.1) is 6.42 Å². The van der Waals surface area contributed by atoms with Crippen molar-refractivity contribution in [3.63, 3.8) is 0 Å². The first-order valence-corrected chi connectivity index (χ1v) is 8.88. The van der Waals surface area contributed by atoms with E-state index in [0.29, 0.717) is 12.3 Å².